The third-order valence-electron chi connectivity index (χ3n) is 7.31. The molecule has 0 bridgehead atoms. The Morgan fingerprint density at radius 1 is 1.03 bits per heavy atom. The van der Waals surface area contributed by atoms with Crippen molar-refractivity contribution >= 4 is 21.2 Å². The van der Waals surface area contributed by atoms with E-state index in [1.54, 1.807) is 0 Å². The van der Waals surface area contributed by atoms with Gasteiger partial charge in [0.1, 0.15) is 0 Å². The van der Waals surface area contributed by atoms with E-state index in [1.165, 1.54) is 0 Å². The van der Waals surface area contributed by atoms with Gasteiger partial charge in [-0.3, -0.25) is 4.79 Å². The van der Waals surface area contributed by atoms with Crippen molar-refractivity contribution in [3.8, 4) is 0 Å². The maximum Gasteiger partial charge on any atom is 0.491 e. The molecule has 0 unspecified atom stereocenters. The first-order valence-electron chi connectivity index (χ1n) is 10.7. The fourth-order valence-electron chi connectivity index (χ4n) is 3.00. The summed E-state index contributed by atoms with van der Waals surface area (Å²) in [5.74, 6) is -0.0264. The molecular weight excluding hydrogens is 391 g/mol. The van der Waals surface area contributed by atoms with Crippen LogP contribution in [0.1, 0.15) is 65.7 Å². The normalized spacial score (nSPS) is 20.7. The van der Waals surface area contributed by atoms with Crippen LogP contribution in [0.5, 0.6) is 0 Å². The fourth-order valence-corrected chi connectivity index (χ4v) is 4.08. The van der Waals surface area contributed by atoms with Crippen LogP contribution in [0.15, 0.2) is 42.4 Å². The highest BCUT2D eigenvalue weighted by molar-refractivity contribution is 6.74. The molecule has 1 aliphatic heterocycles. The minimum absolute atomic E-state index is 0.0264. The van der Waals surface area contributed by atoms with Crippen molar-refractivity contribution in [3.05, 3.63) is 47.9 Å². The van der Waals surface area contributed by atoms with Crippen LogP contribution in [0.3, 0.4) is 0 Å². The second kappa shape index (κ2) is 8.05. The summed E-state index contributed by atoms with van der Waals surface area (Å²) in [6.07, 6.45) is 0. The third kappa shape index (κ3) is 4.67. The van der Waals surface area contributed by atoms with E-state index >= 15 is 0 Å². The molecule has 0 N–H and O–H groups in total. The minimum atomic E-state index is -2.08. The molecule has 1 saturated heterocycles. The molecule has 0 aliphatic carbocycles. The molecule has 166 valence electrons. The lowest BCUT2D eigenvalue weighted by Gasteiger charge is -2.40. The lowest BCUT2D eigenvalue weighted by atomic mass is 9.61. The van der Waals surface area contributed by atoms with Crippen LogP contribution in [0.4, 0.5) is 0 Å². The van der Waals surface area contributed by atoms with Crippen molar-refractivity contribution in [2.75, 3.05) is 6.61 Å². The Kier molecular flexibility index (Phi) is 6.72. The van der Waals surface area contributed by atoms with Crippen LogP contribution in [-0.2, 0) is 13.7 Å². The average Bonchev–Trinajstić information content (AvgIpc) is 2.85. The molecule has 30 heavy (non-hydrogen) atoms. The van der Waals surface area contributed by atoms with Gasteiger partial charge in [-0.1, -0.05) is 51.1 Å². The van der Waals surface area contributed by atoms with Gasteiger partial charge >= 0.3 is 7.12 Å². The first kappa shape index (κ1) is 25.1. The van der Waals surface area contributed by atoms with Gasteiger partial charge in [0.15, 0.2) is 14.1 Å². The van der Waals surface area contributed by atoms with Crippen molar-refractivity contribution in [2.24, 2.45) is 5.41 Å². The summed E-state index contributed by atoms with van der Waals surface area (Å²) in [4.78, 5) is 13.7. The standard InChI is InChI=1S/C24H39BO4Si/c1-18(25-28-22(5,6)23(7,8)29-25)24(9,17-27-30(10,11)21(2,3)4)20(26)19-15-13-12-14-16-19/h12-16H,1,17H2,2-11H3/t24-/m0/s1. The number of ketones is 1. The molecule has 0 aromatic heterocycles. The zero-order valence-electron chi connectivity index (χ0n) is 20.5. The van der Waals surface area contributed by atoms with Gasteiger partial charge in [0.25, 0.3) is 0 Å². The molecule has 0 spiro atoms. The van der Waals surface area contributed by atoms with E-state index in [0.717, 1.165) is 0 Å². The van der Waals surface area contributed by atoms with E-state index in [9.17, 15) is 4.79 Å². The van der Waals surface area contributed by atoms with Gasteiger partial charge < -0.3 is 13.7 Å². The van der Waals surface area contributed by atoms with Crippen LogP contribution in [0, 0.1) is 5.41 Å². The Bertz CT molecular complexity index is 779. The van der Waals surface area contributed by atoms with E-state index < -0.39 is 32.1 Å². The minimum Gasteiger partial charge on any atom is -0.416 e. The Morgan fingerprint density at radius 2 is 1.50 bits per heavy atom. The number of rotatable bonds is 7. The molecule has 0 amide bonds. The lowest BCUT2D eigenvalue weighted by molar-refractivity contribution is 0.00578. The molecule has 4 nitrogen and oxygen atoms in total. The van der Waals surface area contributed by atoms with Gasteiger partial charge in [0.2, 0.25) is 0 Å². The quantitative estimate of drug-likeness (QED) is 0.388. The number of benzene rings is 1. The fraction of sp³-hybridized carbons (Fsp3) is 0.625. The van der Waals surface area contributed by atoms with Gasteiger partial charge in [-0.05, 0) is 58.2 Å². The Hall–Kier alpha value is -1.21. The first-order chi connectivity index (χ1) is 13.4. The largest absolute Gasteiger partial charge is 0.491 e. The molecule has 6 heteroatoms. The summed E-state index contributed by atoms with van der Waals surface area (Å²) in [6.45, 7) is 25.4. The third-order valence-corrected chi connectivity index (χ3v) is 11.8. The molecule has 1 aliphatic rings. The van der Waals surface area contributed by atoms with Gasteiger partial charge in [-0.2, -0.15) is 0 Å². The molecular formula is C24H39BO4Si. The van der Waals surface area contributed by atoms with Gasteiger partial charge in [0.05, 0.1) is 16.6 Å². The average molecular weight is 430 g/mol. The molecule has 1 heterocycles. The van der Waals surface area contributed by atoms with Gasteiger partial charge in [-0.25, -0.2) is 0 Å². The van der Waals surface area contributed by atoms with E-state index in [0.29, 0.717) is 11.0 Å². The number of carbonyl (C=O) groups excluding carboxylic acids is 1. The lowest BCUT2D eigenvalue weighted by Crippen LogP contribution is -2.48. The predicted molar refractivity (Wildman–Crippen MR) is 127 cm³/mol. The SMILES string of the molecule is C=C(B1OC(C)(C)C(C)(C)O1)[C@](C)(CO[Si](C)(C)C(C)(C)C)C(=O)c1ccccc1. The maximum atomic E-state index is 13.7. The Morgan fingerprint density at radius 3 is 1.93 bits per heavy atom. The summed E-state index contributed by atoms with van der Waals surface area (Å²) in [5, 5.41) is 0.0371. The molecule has 1 aromatic rings. The number of Topliss-reactive ketones (excluding diaryl/α,β-unsaturated/α-hetero) is 1. The summed E-state index contributed by atoms with van der Waals surface area (Å²) in [5.41, 5.74) is -0.738. The summed E-state index contributed by atoms with van der Waals surface area (Å²) >= 11 is 0. The van der Waals surface area contributed by atoms with Crippen molar-refractivity contribution in [3.63, 3.8) is 0 Å². The summed E-state index contributed by atoms with van der Waals surface area (Å²) < 4.78 is 19.0. The Balaban J connectivity index is 2.41. The summed E-state index contributed by atoms with van der Waals surface area (Å²) in [6, 6.07) is 9.33. The smallest absolute Gasteiger partial charge is 0.416 e. The highest BCUT2D eigenvalue weighted by atomic mass is 28.4. The van der Waals surface area contributed by atoms with Crippen LogP contribution in [0.2, 0.25) is 18.1 Å². The number of hydrogen-bond donors (Lipinski definition) is 0. The zero-order chi connectivity index (χ0) is 23.2. The van der Waals surface area contributed by atoms with Crippen molar-refractivity contribution in [2.45, 2.75) is 84.7 Å². The second-order valence-corrected chi connectivity index (χ2v) is 16.0. The number of carbonyl (C=O) groups is 1. The molecule has 2 rings (SSSR count). The van der Waals surface area contributed by atoms with Crippen LogP contribution in [-0.4, -0.2) is 39.0 Å². The topological polar surface area (TPSA) is 44.8 Å². The Labute approximate surface area is 184 Å². The highest BCUT2D eigenvalue weighted by Gasteiger charge is 2.56. The van der Waals surface area contributed by atoms with E-state index in [4.69, 9.17) is 13.7 Å². The van der Waals surface area contributed by atoms with Crippen LogP contribution < -0.4 is 0 Å². The highest BCUT2D eigenvalue weighted by Crippen LogP contribution is 2.44. The van der Waals surface area contributed by atoms with E-state index in [1.807, 2.05) is 65.0 Å². The van der Waals surface area contributed by atoms with Crippen LogP contribution >= 0.6 is 0 Å². The number of hydrogen-bond acceptors (Lipinski definition) is 4. The summed E-state index contributed by atoms with van der Waals surface area (Å²) in [7, 11) is -2.75. The van der Waals surface area contributed by atoms with Gasteiger partial charge in [-0.15, -0.1) is 6.58 Å². The van der Waals surface area contributed by atoms with Crippen molar-refractivity contribution < 1.29 is 18.5 Å². The van der Waals surface area contributed by atoms with Crippen molar-refractivity contribution in [1.82, 2.24) is 0 Å². The second-order valence-electron chi connectivity index (χ2n) is 11.2. The monoisotopic (exact) mass is 430 g/mol. The first-order valence-corrected chi connectivity index (χ1v) is 13.6. The molecule has 0 saturated carbocycles. The molecule has 0 radical (unpaired) electrons. The van der Waals surface area contributed by atoms with Gasteiger partial charge in [0, 0.05) is 12.2 Å². The molecule has 1 atom stereocenters. The van der Waals surface area contributed by atoms with E-state index in [-0.39, 0.29) is 17.4 Å². The van der Waals surface area contributed by atoms with Crippen LogP contribution in [0.25, 0.3) is 0 Å². The molecule has 1 fully saturated rings. The predicted octanol–water partition coefficient (Wildman–Crippen LogP) is 6.09. The van der Waals surface area contributed by atoms with Crippen molar-refractivity contribution in [1.29, 1.82) is 0 Å². The molecule has 1 aromatic carbocycles. The van der Waals surface area contributed by atoms with E-state index in [2.05, 4.69) is 40.4 Å². The zero-order valence-corrected chi connectivity index (χ0v) is 21.5. The maximum absolute atomic E-state index is 13.7.